The fourth-order valence-electron chi connectivity index (χ4n) is 2.38. The second kappa shape index (κ2) is 6.64. The lowest BCUT2D eigenvalue weighted by Gasteiger charge is -2.20. The van der Waals surface area contributed by atoms with E-state index in [9.17, 15) is 8.42 Å². The summed E-state index contributed by atoms with van der Waals surface area (Å²) in [5.41, 5.74) is 0. The van der Waals surface area contributed by atoms with E-state index in [0.29, 0.717) is 12.4 Å². The Labute approximate surface area is 125 Å². The van der Waals surface area contributed by atoms with Gasteiger partial charge in [0.05, 0.1) is 20.3 Å². The van der Waals surface area contributed by atoms with Crippen LogP contribution < -0.4 is 14.2 Å². The monoisotopic (exact) mass is 315 g/mol. The molecular weight excluding hydrogens is 294 g/mol. The average Bonchev–Trinajstić information content (AvgIpc) is 3.00. The predicted octanol–water partition coefficient (Wildman–Crippen LogP) is 1.55. The standard InChI is InChI=1S/C14H21NO5S/c1-10(12-5-4-8-20-12)15-21(16,17)14-7-6-11(18-2)9-13(14)19-3/h6-7,9-10,12,15H,4-5,8H2,1-3H3. The predicted molar refractivity (Wildman–Crippen MR) is 78.3 cm³/mol. The van der Waals surface area contributed by atoms with Gasteiger partial charge >= 0.3 is 0 Å². The summed E-state index contributed by atoms with van der Waals surface area (Å²) in [6.07, 6.45) is 1.75. The minimum Gasteiger partial charge on any atom is -0.497 e. The van der Waals surface area contributed by atoms with E-state index in [1.807, 2.05) is 6.92 Å². The third-order valence-electron chi connectivity index (χ3n) is 3.52. The summed E-state index contributed by atoms with van der Waals surface area (Å²) in [4.78, 5) is 0.0932. The second-order valence-corrected chi connectivity index (χ2v) is 6.66. The number of benzene rings is 1. The lowest BCUT2D eigenvalue weighted by Crippen LogP contribution is -2.40. The van der Waals surface area contributed by atoms with Crippen LogP contribution >= 0.6 is 0 Å². The summed E-state index contributed by atoms with van der Waals surface area (Å²) in [5.74, 6) is 0.791. The van der Waals surface area contributed by atoms with Gasteiger partial charge < -0.3 is 14.2 Å². The van der Waals surface area contributed by atoms with Crippen LogP contribution in [0.1, 0.15) is 19.8 Å². The molecule has 0 spiro atoms. The lowest BCUT2D eigenvalue weighted by molar-refractivity contribution is 0.0902. The molecule has 0 amide bonds. The van der Waals surface area contributed by atoms with E-state index in [4.69, 9.17) is 14.2 Å². The summed E-state index contributed by atoms with van der Waals surface area (Å²) < 4.78 is 43.4. The maximum absolute atomic E-state index is 12.5. The zero-order valence-electron chi connectivity index (χ0n) is 12.5. The molecule has 7 heteroatoms. The van der Waals surface area contributed by atoms with Crippen molar-refractivity contribution in [1.82, 2.24) is 4.72 Å². The molecule has 118 valence electrons. The zero-order chi connectivity index (χ0) is 15.5. The Morgan fingerprint density at radius 1 is 1.33 bits per heavy atom. The van der Waals surface area contributed by atoms with Crippen molar-refractivity contribution in [3.63, 3.8) is 0 Å². The Morgan fingerprint density at radius 3 is 2.67 bits per heavy atom. The van der Waals surface area contributed by atoms with Gasteiger partial charge in [-0.25, -0.2) is 13.1 Å². The van der Waals surface area contributed by atoms with Gasteiger partial charge in [0.1, 0.15) is 16.4 Å². The van der Waals surface area contributed by atoms with Crippen LogP contribution in [0.25, 0.3) is 0 Å². The summed E-state index contributed by atoms with van der Waals surface area (Å²) in [6, 6.07) is 4.32. The lowest BCUT2D eigenvalue weighted by atomic mass is 10.1. The largest absolute Gasteiger partial charge is 0.497 e. The summed E-state index contributed by atoms with van der Waals surface area (Å²) >= 11 is 0. The highest BCUT2D eigenvalue weighted by Crippen LogP contribution is 2.29. The number of nitrogens with one attached hydrogen (secondary N) is 1. The third-order valence-corrected chi connectivity index (χ3v) is 5.12. The Balaban J connectivity index is 2.22. The molecule has 0 bridgehead atoms. The topological polar surface area (TPSA) is 73.9 Å². The molecule has 0 saturated carbocycles. The minimum absolute atomic E-state index is 0.0796. The SMILES string of the molecule is COc1ccc(S(=O)(=O)NC(C)C2CCCO2)c(OC)c1. The molecule has 1 aliphatic heterocycles. The van der Waals surface area contributed by atoms with Crippen LogP contribution in [0.4, 0.5) is 0 Å². The molecule has 1 aromatic carbocycles. The third kappa shape index (κ3) is 3.66. The fourth-order valence-corrected chi connectivity index (χ4v) is 3.80. The van der Waals surface area contributed by atoms with Gasteiger partial charge in [-0.3, -0.25) is 0 Å². The van der Waals surface area contributed by atoms with E-state index in [-0.39, 0.29) is 22.8 Å². The first-order valence-electron chi connectivity index (χ1n) is 6.84. The Kier molecular flexibility index (Phi) is 5.08. The van der Waals surface area contributed by atoms with Gasteiger partial charge in [0.25, 0.3) is 0 Å². The van der Waals surface area contributed by atoms with E-state index in [1.54, 1.807) is 12.1 Å². The summed E-state index contributed by atoms with van der Waals surface area (Å²) in [6.45, 7) is 2.49. The molecule has 2 unspecified atom stereocenters. The molecule has 0 aromatic heterocycles. The molecule has 1 fully saturated rings. The Morgan fingerprint density at radius 2 is 2.10 bits per heavy atom. The van der Waals surface area contributed by atoms with Crippen molar-refractivity contribution in [3.8, 4) is 11.5 Å². The summed E-state index contributed by atoms with van der Waals surface area (Å²) in [5, 5.41) is 0. The van der Waals surface area contributed by atoms with Gasteiger partial charge in [-0.1, -0.05) is 0 Å². The van der Waals surface area contributed by atoms with E-state index in [0.717, 1.165) is 12.8 Å². The Hall–Kier alpha value is -1.31. The molecule has 1 N–H and O–H groups in total. The van der Waals surface area contributed by atoms with Gasteiger partial charge in [0, 0.05) is 18.7 Å². The van der Waals surface area contributed by atoms with Crippen molar-refractivity contribution >= 4 is 10.0 Å². The smallest absolute Gasteiger partial charge is 0.244 e. The fraction of sp³-hybridized carbons (Fsp3) is 0.571. The number of ether oxygens (including phenoxy) is 3. The van der Waals surface area contributed by atoms with Crippen molar-refractivity contribution in [2.24, 2.45) is 0 Å². The minimum atomic E-state index is -3.68. The highest BCUT2D eigenvalue weighted by molar-refractivity contribution is 7.89. The molecule has 21 heavy (non-hydrogen) atoms. The van der Waals surface area contributed by atoms with Crippen molar-refractivity contribution in [1.29, 1.82) is 0 Å². The van der Waals surface area contributed by atoms with Crippen molar-refractivity contribution in [3.05, 3.63) is 18.2 Å². The van der Waals surface area contributed by atoms with E-state index >= 15 is 0 Å². The van der Waals surface area contributed by atoms with Gasteiger partial charge in [0.2, 0.25) is 10.0 Å². The molecule has 1 heterocycles. The Bertz CT molecular complexity index is 581. The second-order valence-electron chi connectivity index (χ2n) is 4.98. The molecule has 1 aliphatic rings. The summed E-state index contributed by atoms with van der Waals surface area (Å²) in [7, 11) is -0.733. The van der Waals surface area contributed by atoms with Crippen LogP contribution in [0, 0.1) is 0 Å². The quantitative estimate of drug-likeness (QED) is 0.862. The van der Waals surface area contributed by atoms with Crippen LogP contribution in [-0.4, -0.2) is 41.4 Å². The first-order chi connectivity index (χ1) is 9.97. The number of methoxy groups -OCH3 is 2. The molecule has 2 atom stereocenters. The van der Waals surface area contributed by atoms with Crippen molar-refractivity contribution in [2.75, 3.05) is 20.8 Å². The maximum atomic E-state index is 12.5. The van der Waals surface area contributed by atoms with Gasteiger partial charge in [-0.15, -0.1) is 0 Å². The molecule has 6 nitrogen and oxygen atoms in total. The zero-order valence-corrected chi connectivity index (χ0v) is 13.3. The van der Waals surface area contributed by atoms with Crippen LogP contribution in [0.5, 0.6) is 11.5 Å². The van der Waals surface area contributed by atoms with Gasteiger partial charge in [-0.05, 0) is 31.9 Å². The highest BCUT2D eigenvalue weighted by atomic mass is 32.2. The molecule has 2 rings (SSSR count). The van der Waals surface area contributed by atoms with Crippen LogP contribution in [0.15, 0.2) is 23.1 Å². The number of rotatable bonds is 6. The number of sulfonamides is 1. The van der Waals surface area contributed by atoms with Gasteiger partial charge in [0.15, 0.2) is 0 Å². The maximum Gasteiger partial charge on any atom is 0.244 e. The first-order valence-corrected chi connectivity index (χ1v) is 8.32. The van der Waals surface area contributed by atoms with Crippen molar-refractivity contribution in [2.45, 2.75) is 36.8 Å². The molecule has 0 radical (unpaired) electrons. The van der Waals surface area contributed by atoms with Crippen LogP contribution in [-0.2, 0) is 14.8 Å². The first kappa shape index (κ1) is 16.1. The molecule has 0 aliphatic carbocycles. The normalized spacial score (nSPS) is 20.2. The van der Waals surface area contributed by atoms with Crippen LogP contribution in [0.2, 0.25) is 0 Å². The molecular formula is C14H21NO5S. The van der Waals surface area contributed by atoms with Crippen molar-refractivity contribution < 1.29 is 22.6 Å². The van der Waals surface area contributed by atoms with E-state index in [1.165, 1.54) is 20.3 Å². The molecule has 1 aromatic rings. The van der Waals surface area contributed by atoms with E-state index in [2.05, 4.69) is 4.72 Å². The molecule has 1 saturated heterocycles. The number of hydrogen-bond acceptors (Lipinski definition) is 5. The number of hydrogen-bond donors (Lipinski definition) is 1. The average molecular weight is 315 g/mol. The van der Waals surface area contributed by atoms with Crippen LogP contribution in [0.3, 0.4) is 0 Å². The van der Waals surface area contributed by atoms with Gasteiger partial charge in [-0.2, -0.15) is 0 Å². The highest BCUT2D eigenvalue weighted by Gasteiger charge is 2.28. The van der Waals surface area contributed by atoms with E-state index < -0.39 is 10.0 Å².